The molecule has 21 heavy (non-hydrogen) atoms. The fourth-order valence-corrected chi connectivity index (χ4v) is 3.39. The maximum Gasteiger partial charge on any atom is 0.125 e. The molecule has 0 saturated carbocycles. The fourth-order valence-electron chi connectivity index (χ4n) is 2.72. The van der Waals surface area contributed by atoms with Gasteiger partial charge < -0.3 is 9.84 Å². The number of hydrogen-bond acceptors (Lipinski definition) is 2. The van der Waals surface area contributed by atoms with Crippen LogP contribution < -0.4 is 4.74 Å². The van der Waals surface area contributed by atoms with Crippen LogP contribution in [0, 0.1) is 0 Å². The molecule has 0 amide bonds. The van der Waals surface area contributed by atoms with E-state index in [-0.39, 0.29) is 0 Å². The average molecular weight is 368 g/mol. The number of ether oxygens (including phenoxy) is 1. The maximum absolute atomic E-state index is 10.3. The molecule has 2 nitrogen and oxygen atoms in total. The number of rotatable bonds is 4. The number of aliphatic hydroxyl groups excluding tert-OH is 1. The lowest BCUT2D eigenvalue weighted by molar-refractivity contribution is 0.174. The molecule has 1 aliphatic rings. The molecule has 2 aromatic rings. The first-order valence-electron chi connectivity index (χ1n) is 6.98. The van der Waals surface area contributed by atoms with Gasteiger partial charge in [0.05, 0.1) is 12.7 Å². The van der Waals surface area contributed by atoms with Crippen LogP contribution in [0.5, 0.6) is 5.75 Å². The molecule has 1 N–H and O–H groups in total. The van der Waals surface area contributed by atoms with Gasteiger partial charge in [0.2, 0.25) is 0 Å². The summed E-state index contributed by atoms with van der Waals surface area (Å²) in [6.45, 7) is 0.728. The lowest BCUT2D eigenvalue weighted by Crippen LogP contribution is -2.14. The van der Waals surface area contributed by atoms with E-state index in [2.05, 4.69) is 22.0 Å². The van der Waals surface area contributed by atoms with Crippen LogP contribution in [0.1, 0.15) is 16.7 Å². The van der Waals surface area contributed by atoms with Crippen LogP contribution in [0.25, 0.3) is 0 Å². The highest BCUT2D eigenvalue weighted by molar-refractivity contribution is 9.10. The molecule has 0 spiro atoms. The highest BCUT2D eigenvalue weighted by Gasteiger charge is 2.19. The Morgan fingerprint density at radius 2 is 1.95 bits per heavy atom. The molecule has 110 valence electrons. The molecule has 0 bridgehead atoms. The first kappa shape index (κ1) is 14.9. The van der Waals surface area contributed by atoms with Gasteiger partial charge in [0.15, 0.2) is 0 Å². The fraction of sp³-hybridized carbons (Fsp3) is 0.294. The van der Waals surface area contributed by atoms with E-state index in [4.69, 9.17) is 16.3 Å². The van der Waals surface area contributed by atoms with Crippen LogP contribution in [-0.4, -0.2) is 17.8 Å². The second-order valence-corrected chi connectivity index (χ2v) is 6.69. The highest BCUT2D eigenvalue weighted by Crippen LogP contribution is 2.34. The normalized spacial score (nSPS) is 14.6. The monoisotopic (exact) mass is 366 g/mol. The summed E-state index contributed by atoms with van der Waals surface area (Å²) in [6.07, 6.45) is 1.70. The van der Waals surface area contributed by atoms with Crippen LogP contribution in [0.15, 0.2) is 40.9 Å². The van der Waals surface area contributed by atoms with Crippen LogP contribution in [0.4, 0.5) is 0 Å². The van der Waals surface area contributed by atoms with E-state index in [1.807, 2.05) is 30.3 Å². The van der Waals surface area contributed by atoms with Crippen molar-refractivity contribution in [1.29, 1.82) is 0 Å². The minimum Gasteiger partial charge on any atom is -0.493 e. The molecule has 0 aliphatic carbocycles. The Bertz CT molecular complexity index is 640. The second-order valence-electron chi connectivity index (χ2n) is 5.34. The Morgan fingerprint density at radius 3 is 2.71 bits per heavy atom. The van der Waals surface area contributed by atoms with Crippen molar-refractivity contribution in [2.24, 2.45) is 0 Å². The summed E-state index contributed by atoms with van der Waals surface area (Å²) in [6, 6.07) is 11.7. The Balaban J connectivity index is 1.73. The smallest absolute Gasteiger partial charge is 0.125 e. The molecule has 1 atom stereocenters. The third-order valence-electron chi connectivity index (χ3n) is 3.67. The third-order valence-corrected chi connectivity index (χ3v) is 4.38. The molecule has 1 aliphatic heterocycles. The molecule has 0 fully saturated rings. The van der Waals surface area contributed by atoms with Gasteiger partial charge in [0.25, 0.3) is 0 Å². The average Bonchev–Trinajstić information content (AvgIpc) is 2.89. The van der Waals surface area contributed by atoms with E-state index < -0.39 is 6.10 Å². The topological polar surface area (TPSA) is 29.5 Å². The van der Waals surface area contributed by atoms with Gasteiger partial charge in [0, 0.05) is 22.3 Å². The number of benzene rings is 2. The summed E-state index contributed by atoms with van der Waals surface area (Å²) < 4.78 is 6.74. The zero-order chi connectivity index (χ0) is 14.8. The molecule has 0 saturated heterocycles. The number of fused-ring (bicyclic) bond motifs is 1. The van der Waals surface area contributed by atoms with E-state index in [1.54, 1.807) is 0 Å². The van der Waals surface area contributed by atoms with Crippen molar-refractivity contribution in [2.45, 2.75) is 25.4 Å². The predicted octanol–water partition coefficient (Wildman–Crippen LogP) is 4.18. The van der Waals surface area contributed by atoms with Crippen LogP contribution >= 0.6 is 27.5 Å². The van der Waals surface area contributed by atoms with E-state index in [9.17, 15) is 5.11 Å². The molecule has 3 rings (SSSR count). The summed E-state index contributed by atoms with van der Waals surface area (Å²) in [7, 11) is 0. The van der Waals surface area contributed by atoms with Crippen molar-refractivity contribution in [1.82, 2.24) is 0 Å². The van der Waals surface area contributed by atoms with Crippen molar-refractivity contribution in [3.05, 3.63) is 62.6 Å². The van der Waals surface area contributed by atoms with Crippen molar-refractivity contribution < 1.29 is 9.84 Å². The Labute approximate surface area is 137 Å². The molecule has 0 aromatic heterocycles. The summed E-state index contributed by atoms with van der Waals surface area (Å²) in [5.41, 5.74) is 3.37. The van der Waals surface area contributed by atoms with Gasteiger partial charge in [-0.05, 0) is 47.4 Å². The molecule has 1 heterocycles. The Hall–Kier alpha value is -1.03. The maximum atomic E-state index is 10.3. The summed E-state index contributed by atoms with van der Waals surface area (Å²) in [4.78, 5) is 0. The zero-order valence-corrected chi connectivity index (χ0v) is 13.8. The zero-order valence-electron chi connectivity index (χ0n) is 11.5. The largest absolute Gasteiger partial charge is 0.493 e. The van der Waals surface area contributed by atoms with Crippen molar-refractivity contribution in [3.8, 4) is 5.75 Å². The quantitative estimate of drug-likeness (QED) is 0.878. The van der Waals surface area contributed by atoms with E-state index >= 15 is 0 Å². The molecular formula is C17H16BrClO2. The van der Waals surface area contributed by atoms with E-state index in [1.165, 1.54) is 5.56 Å². The Kier molecular flexibility index (Phi) is 4.53. The summed E-state index contributed by atoms with van der Waals surface area (Å²) in [5, 5.41) is 11.1. The van der Waals surface area contributed by atoms with Gasteiger partial charge >= 0.3 is 0 Å². The molecule has 0 radical (unpaired) electrons. The molecular weight excluding hydrogens is 352 g/mol. The molecule has 1 unspecified atom stereocenters. The second kappa shape index (κ2) is 6.39. The van der Waals surface area contributed by atoms with Gasteiger partial charge in [0.1, 0.15) is 5.75 Å². The standard InChI is InChI=1S/C17H16BrClO2/c18-14-8-12-5-6-21-17(12)13(9-14)10-16(20)7-11-1-3-15(19)4-2-11/h1-4,8-9,16,20H,5-7,10H2. The van der Waals surface area contributed by atoms with Crippen molar-refractivity contribution in [3.63, 3.8) is 0 Å². The molecule has 4 heteroatoms. The lowest BCUT2D eigenvalue weighted by atomic mass is 9.99. The van der Waals surface area contributed by atoms with E-state index in [0.29, 0.717) is 17.9 Å². The van der Waals surface area contributed by atoms with Crippen molar-refractivity contribution >= 4 is 27.5 Å². The highest BCUT2D eigenvalue weighted by atomic mass is 79.9. The first-order chi connectivity index (χ1) is 10.1. The SMILES string of the molecule is OC(Cc1ccc(Cl)cc1)Cc1cc(Br)cc2c1OCC2. The number of aliphatic hydroxyl groups is 1. The van der Waals surface area contributed by atoms with Crippen molar-refractivity contribution in [2.75, 3.05) is 6.61 Å². The van der Waals surface area contributed by atoms with Gasteiger partial charge in [-0.15, -0.1) is 0 Å². The van der Waals surface area contributed by atoms with Crippen LogP contribution in [0.3, 0.4) is 0 Å². The lowest BCUT2D eigenvalue weighted by Gasteiger charge is -2.14. The molecule has 2 aromatic carbocycles. The summed E-state index contributed by atoms with van der Waals surface area (Å²) in [5.74, 6) is 0.952. The third kappa shape index (κ3) is 3.60. The van der Waals surface area contributed by atoms with Crippen LogP contribution in [0.2, 0.25) is 5.02 Å². The number of halogens is 2. The minimum absolute atomic E-state index is 0.436. The first-order valence-corrected chi connectivity index (χ1v) is 8.15. The van der Waals surface area contributed by atoms with Gasteiger partial charge in [-0.3, -0.25) is 0 Å². The van der Waals surface area contributed by atoms with E-state index in [0.717, 1.165) is 34.4 Å². The minimum atomic E-state index is -0.436. The summed E-state index contributed by atoms with van der Waals surface area (Å²) >= 11 is 9.40. The van der Waals surface area contributed by atoms with Gasteiger partial charge in [-0.2, -0.15) is 0 Å². The van der Waals surface area contributed by atoms with Crippen LogP contribution in [-0.2, 0) is 19.3 Å². The predicted molar refractivity (Wildman–Crippen MR) is 88.2 cm³/mol. The van der Waals surface area contributed by atoms with Gasteiger partial charge in [-0.25, -0.2) is 0 Å². The Morgan fingerprint density at radius 1 is 1.19 bits per heavy atom. The number of hydrogen-bond donors (Lipinski definition) is 1. The van der Waals surface area contributed by atoms with Gasteiger partial charge in [-0.1, -0.05) is 39.7 Å².